The van der Waals surface area contributed by atoms with Crippen LogP contribution in [0.1, 0.15) is 19.8 Å². The maximum atomic E-state index is 13.5. The first-order valence-corrected chi connectivity index (χ1v) is 7.79. The molecule has 1 fully saturated rings. The van der Waals surface area contributed by atoms with Crippen molar-refractivity contribution in [3.63, 3.8) is 0 Å². The van der Waals surface area contributed by atoms with Gasteiger partial charge in [0.25, 0.3) is 0 Å². The first kappa shape index (κ1) is 18.0. The molecule has 0 unspecified atom stereocenters. The van der Waals surface area contributed by atoms with Crippen LogP contribution in [-0.2, 0) is 4.79 Å². The van der Waals surface area contributed by atoms with Crippen molar-refractivity contribution < 1.29 is 23.1 Å². The second-order valence-corrected chi connectivity index (χ2v) is 5.90. The quantitative estimate of drug-likeness (QED) is 0.854. The van der Waals surface area contributed by atoms with E-state index in [0.29, 0.717) is 25.9 Å². The molecule has 0 radical (unpaired) electrons. The molecule has 0 bridgehead atoms. The average molecular weight is 341 g/mol. The fourth-order valence-electron chi connectivity index (χ4n) is 2.52. The van der Waals surface area contributed by atoms with Gasteiger partial charge in [-0.2, -0.15) is 0 Å². The zero-order chi connectivity index (χ0) is 17.7. The van der Waals surface area contributed by atoms with Gasteiger partial charge in [0.1, 0.15) is 12.4 Å². The van der Waals surface area contributed by atoms with Gasteiger partial charge in [0, 0.05) is 25.1 Å². The molecule has 0 aliphatic carbocycles. The average Bonchev–Trinajstić information content (AvgIpc) is 2.54. The summed E-state index contributed by atoms with van der Waals surface area (Å²) in [7, 11) is 0. The van der Waals surface area contributed by atoms with Gasteiger partial charge in [-0.05, 0) is 31.9 Å². The number of nitrogens with zero attached hydrogens (tertiary/aromatic N) is 1. The summed E-state index contributed by atoms with van der Waals surface area (Å²) < 4.78 is 31.5. The summed E-state index contributed by atoms with van der Waals surface area (Å²) in [4.78, 5) is 24.8. The number of nitrogens with two attached hydrogens (primary N) is 1. The molecule has 1 aromatic rings. The van der Waals surface area contributed by atoms with Crippen LogP contribution in [0.5, 0.6) is 5.75 Å². The number of piperidine rings is 1. The number of likely N-dealkylation sites (tertiary alicyclic amines) is 1. The molecule has 1 aliphatic rings. The van der Waals surface area contributed by atoms with E-state index in [1.54, 1.807) is 11.8 Å². The Kier molecular flexibility index (Phi) is 5.94. The number of nitrogens with one attached hydrogen (secondary N) is 1. The molecule has 1 aromatic carbocycles. The summed E-state index contributed by atoms with van der Waals surface area (Å²) in [5.41, 5.74) is 5.26. The topological polar surface area (TPSA) is 84.7 Å². The molecule has 132 valence electrons. The lowest BCUT2D eigenvalue weighted by Gasteiger charge is -2.31. The maximum Gasteiger partial charge on any atom is 0.317 e. The highest BCUT2D eigenvalue weighted by Gasteiger charge is 2.26. The number of primary amides is 1. The van der Waals surface area contributed by atoms with Gasteiger partial charge in [0.2, 0.25) is 5.91 Å². The lowest BCUT2D eigenvalue weighted by molar-refractivity contribution is -0.123. The van der Waals surface area contributed by atoms with E-state index in [9.17, 15) is 18.4 Å². The highest BCUT2D eigenvalue weighted by Crippen LogP contribution is 2.18. The van der Waals surface area contributed by atoms with Crippen LogP contribution in [0.3, 0.4) is 0 Å². The van der Waals surface area contributed by atoms with Crippen LogP contribution in [0.4, 0.5) is 13.6 Å². The minimum atomic E-state index is -0.790. The van der Waals surface area contributed by atoms with Crippen molar-refractivity contribution in [1.29, 1.82) is 0 Å². The van der Waals surface area contributed by atoms with Crippen molar-refractivity contribution in [2.75, 3.05) is 19.7 Å². The molecule has 1 atom stereocenters. The molecule has 0 aromatic heterocycles. The summed E-state index contributed by atoms with van der Waals surface area (Å²) in [6, 6.07) is 2.41. The van der Waals surface area contributed by atoms with Crippen molar-refractivity contribution in [3.05, 3.63) is 29.8 Å². The SMILES string of the molecule is C[C@@H](COc1ccc(F)cc1F)NC(=O)N1CCC(C(N)=O)CC1. The van der Waals surface area contributed by atoms with Crippen molar-refractivity contribution >= 4 is 11.9 Å². The van der Waals surface area contributed by atoms with E-state index in [-0.39, 0.29) is 36.3 Å². The van der Waals surface area contributed by atoms with E-state index in [1.807, 2.05) is 0 Å². The molecule has 0 saturated carbocycles. The Morgan fingerprint density at radius 3 is 2.62 bits per heavy atom. The number of benzene rings is 1. The molecule has 0 spiro atoms. The second kappa shape index (κ2) is 7.94. The summed E-state index contributed by atoms with van der Waals surface area (Å²) in [5, 5.41) is 2.74. The van der Waals surface area contributed by atoms with E-state index in [1.165, 1.54) is 6.07 Å². The third kappa shape index (κ3) is 4.81. The number of hydrogen-bond donors (Lipinski definition) is 2. The number of ether oxygens (including phenoxy) is 1. The number of hydrogen-bond acceptors (Lipinski definition) is 3. The van der Waals surface area contributed by atoms with Gasteiger partial charge in [-0.15, -0.1) is 0 Å². The molecular weight excluding hydrogens is 320 g/mol. The second-order valence-electron chi connectivity index (χ2n) is 5.90. The van der Waals surface area contributed by atoms with Crippen molar-refractivity contribution in [3.8, 4) is 5.75 Å². The zero-order valence-corrected chi connectivity index (χ0v) is 13.4. The molecule has 8 heteroatoms. The number of amides is 3. The highest BCUT2D eigenvalue weighted by molar-refractivity contribution is 5.78. The lowest BCUT2D eigenvalue weighted by atomic mass is 9.96. The Labute approximate surface area is 138 Å². The fraction of sp³-hybridized carbons (Fsp3) is 0.500. The number of urea groups is 1. The first-order valence-electron chi connectivity index (χ1n) is 7.79. The Morgan fingerprint density at radius 2 is 2.04 bits per heavy atom. The lowest BCUT2D eigenvalue weighted by Crippen LogP contribution is -2.49. The summed E-state index contributed by atoms with van der Waals surface area (Å²) >= 11 is 0. The maximum absolute atomic E-state index is 13.5. The van der Waals surface area contributed by atoms with E-state index >= 15 is 0 Å². The van der Waals surface area contributed by atoms with Crippen LogP contribution in [0.2, 0.25) is 0 Å². The third-order valence-corrected chi connectivity index (χ3v) is 3.94. The van der Waals surface area contributed by atoms with Crippen LogP contribution in [0.25, 0.3) is 0 Å². The van der Waals surface area contributed by atoms with Gasteiger partial charge in [0.05, 0.1) is 6.04 Å². The van der Waals surface area contributed by atoms with Crippen molar-refractivity contribution in [2.45, 2.75) is 25.8 Å². The van der Waals surface area contributed by atoms with Crippen molar-refractivity contribution in [2.24, 2.45) is 11.7 Å². The van der Waals surface area contributed by atoms with Gasteiger partial charge in [-0.3, -0.25) is 4.79 Å². The Morgan fingerprint density at radius 1 is 1.38 bits per heavy atom. The molecule has 3 N–H and O–H groups in total. The highest BCUT2D eigenvalue weighted by atomic mass is 19.1. The summed E-state index contributed by atoms with van der Waals surface area (Å²) in [6.07, 6.45) is 1.10. The van der Waals surface area contributed by atoms with Crippen molar-refractivity contribution in [1.82, 2.24) is 10.2 Å². The molecule has 24 heavy (non-hydrogen) atoms. The van der Waals surface area contributed by atoms with Crippen LogP contribution >= 0.6 is 0 Å². The number of carbonyl (C=O) groups is 2. The Balaban J connectivity index is 1.77. The summed E-state index contributed by atoms with van der Waals surface area (Å²) in [5.74, 6) is -2.06. The van der Waals surface area contributed by atoms with Gasteiger partial charge in [-0.1, -0.05) is 0 Å². The smallest absolute Gasteiger partial charge is 0.317 e. The number of halogens is 2. The van der Waals surface area contributed by atoms with E-state index in [2.05, 4.69) is 5.32 Å². The van der Waals surface area contributed by atoms with Crippen LogP contribution in [0, 0.1) is 17.6 Å². The van der Waals surface area contributed by atoms with E-state index in [0.717, 1.165) is 12.1 Å². The third-order valence-electron chi connectivity index (χ3n) is 3.94. The zero-order valence-electron chi connectivity index (χ0n) is 13.4. The molecule has 6 nitrogen and oxygen atoms in total. The normalized spacial score (nSPS) is 16.5. The molecule has 3 amide bonds. The van der Waals surface area contributed by atoms with Gasteiger partial charge >= 0.3 is 6.03 Å². The molecule has 1 saturated heterocycles. The monoisotopic (exact) mass is 341 g/mol. The largest absolute Gasteiger partial charge is 0.488 e. The summed E-state index contributed by atoms with van der Waals surface area (Å²) in [6.45, 7) is 2.68. The van der Waals surface area contributed by atoms with Gasteiger partial charge < -0.3 is 20.7 Å². The standard InChI is InChI=1S/C16H21F2N3O3/c1-10(9-24-14-3-2-12(17)8-13(14)18)20-16(23)21-6-4-11(5-7-21)15(19)22/h2-3,8,10-11H,4-7,9H2,1H3,(H2,19,22)(H,20,23)/t10-/m0/s1. The number of rotatable bonds is 5. The van der Waals surface area contributed by atoms with E-state index in [4.69, 9.17) is 10.5 Å². The molecule has 1 heterocycles. The minimum absolute atomic E-state index is 0.0477. The Hall–Kier alpha value is -2.38. The first-order chi connectivity index (χ1) is 11.4. The van der Waals surface area contributed by atoms with Crippen LogP contribution in [0.15, 0.2) is 18.2 Å². The molecule has 1 aliphatic heterocycles. The Bertz CT molecular complexity index is 604. The fourth-order valence-corrected chi connectivity index (χ4v) is 2.52. The van der Waals surface area contributed by atoms with Crippen LogP contribution in [-0.4, -0.2) is 42.6 Å². The minimum Gasteiger partial charge on any atom is -0.488 e. The predicted molar refractivity (Wildman–Crippen MR) is 83.3 cm³/mol. The predicted octanol–water partition coefficient (Wildman–Crippen LogP) is 1.64. The van der Waals surface area contributed by atoms with Crippen LogP contribution < -0.4 is 15.8 Å². The van der Waals surface area contributed by atoms with E-state index < -0.39 is 11.6 Å². The molecule has 2 rings (SSSR count). The number of carbonyl (C=O) groups excluding carboxylic acids is 2. The molecular formula is C16H21F2N3O3. The van der Waals surface area contributed by atoms with Gasteiger partial charge in [0.15, 0.2) is 11.6 Å². The van der Waals surface area contributed by atoms with Gasteiger partial charge in [-0.25, -0.2) is 13.6 Å².